The Labute approximate surface area is 118 Å². The highest BCUT2D eigenvalue weighted by molar-refractivity contribution is 6.29. The van der Waals surface area contributed by atoms with Crippen LogP contribution < -0.4 is 0 Å². The second kappa shape index (κ2) is 6.87. The van der Waals surface area contributed by atoms with E-state index >= 15 is 0 Å². The molecule has 1 fully saturated rings. The van der Waals surface area contributed by atoms with Gasteiger partial charge in [0.15, 0.2) is 0 Å². The number of carbonyl (C=O) groups is 1. The molecule has 1 unspecified atom stereocenters. The summed E-state index contributed by atoms with van der Waals surface area (Å²) in [6.07, 6.45) is 3.83. The highest BCUT2D eigenvalue weighted by atomic mass is 35.5. The number of ether oxygens (including phenoxy) is 1. The zero-order valence-electron chi connectivity index (χ0n) is 11.1. The Morgan fingerprint density at radius 3 is 3.11 bits per heavy atom. The van der Waals surface area contributed by atoms with Crippen molar-refractivity contribution >= 4 is 17.6 Å². The van der Waals surface area contributed by atoms with Crippen molar-refractivity contribution in [2.75, 3.05) is 13.7 Å². The van der Waals surface area contributed by atoms with Gasteiger partial charge < -0.3 is 4.74 Å². The first-order chi connectivity index (χ1) is 9.19. The van der Waals surface area contributed by atoms with E-state index in [9.17, 15) is 4.79 Å². The molecule has 1 aliphatic heterocycles. The molecule has 0 saturated carbocycles. The van der Waals surface area contributed by atoms with Gasteiger partial charge in [-0.05, 0) is 31.5 Å². The predicted molar refractivity (Wildman–Crippen MR) is 73.9 cm³/mol. The Bertz CT molecular complexity index is 439. The smallest absolute Gasteiger partial charge is 0.307 e. The molecule has 4 nitrogen and oxygen atoms in total. The summed E-state index contributed by atoms with van der Waals surface area (Å²) in [6.45, 7) is 1.73. The lowest BCUT2D eigenvalue weighted by Gasteiger charge is -2.34. The Balaban J connectivity index is 2.01. The Morgan fingerprint density at radius 2 is 2.37 bits per heavy atom. The van der Waals surface area contributed by atoms with E-state index in [2.05, 4.69) is 9.88 Å². The van der Waals surface area contributed by atoms with Crippen LogP contribution in [0.25, 0.3) is 0 Å². The third-order valence-corrected chi connectivity index (χ3v) is 3.73. The minimum atomic E-state index is -0.143. The summed E-state index contributed by atoms with van der Waals surface area (Å²) < 4.78 is 4.77. The van der Waals surface area contributed by atoms with Gasteiger partial charge in [0.1, 0.15) is 5.15 Å². The molecule has 0 spiro atoms. The lowest BCUT2D eigenvalue weighted by atomic mass is 9.99. The van der Waals surface area contributed by atoms with Crippen LogP contribution in [0.2, 0.25) is 5.15 Å². The summed E-state index contributed by atoms with van der Waals surface area (Å²) in [6, 6.07) is 5.90. The van der Waals surface area contributed by atoms with Crippen molar-refractivity contribution in [1.82, 2.24) is 9.88 Å². The fourth-order valence-electron chi connectivity index (χ4n) is 2.52. The van der Waals surface area contributed by atoms with Crippen LogP contribution in [0.3, 0.4) is 0 Å². The number of hydrogen-bond acceptors (Lipinski definition) is 4. The van der Waals surface area contributed by atoms with E-state index < -0.39 is 0 Å². The highest BCUT2D eigenvalue weighted by Crippen LogP contribution is 2.22. The summed E-state index contributed by atoms with van der Waals surface area (Å²) >= 11 is 5.90. The summed E-state index contributed by atoms with van der Waals surface area (Å²) in [5.74, 6) is -0.143. The van der Waals surface area contributed by atoms with Crippen LogP contribution in [0.15, 0.2) is 18.2 Å². The molecular weight excluding hydrogens is 264 g/mol. The fourth-order valence-corrected chi connectivity index (χ4v) is 2.70. The molecule has 5 heteroatoms. The maximum absolute atomic E-state index is 11.4. The molecule has 0 N–H and O–H groups in total. The van der Waals surface area contributed by atoms with Gasteiger partial charge in [-0.3, -0.25) is 9.69 Å². The third kappa shape index (κ3) is 4.18. The quantitative estimate of drug-likeness (QED) is 0.629. The van der Waals surface area contributed by atoms with Gasteiger partial charge in [0.2, 0.25) is 0 Å². The largest absolute Gasteiger partial charge is 0.469 e. The van der Waals surface area contributed by atoms with Crippen molar-refractivity contribution in [2.45, 2.75) is 38.3 Å². The second-order valence-electron chi connectivity index (χ2n) is 4.85. The highest BCUT2D eigenvalue weighted by Gasteiger charge is 2.25. The van der Waals surface area contributed by atoms with Gasteiger partial charge in [0, 0.05) is 12.6 Å². The van der Waals surface area contributed by atoms with Crippen molar-refractivity contribution in [2.24, 2.45) is 0 Å². The summed E-state index contributed by atoms with van der Waals surface area (Å²) in [5, 5.41) is 0.513. The van der Waals surface area contributed by atoms with Crippen LogP contribution >= 0.6 is 11.6 Å². The molecule has 2 rings (SSSR count). The topological polar surface area (TPSA) is 42.4 Å². The summed E-state index contributed by atoms with van der Waals surface area (Å²) in [4.78, 5) is 18.1. The summed E-state index contributed by atoms with van der Waals surface area (Å²) in [5.41, 5.74) is 0.948. The maximum Gasteiger partial charge on any atom is 0.307 e. The van der Waals surface area contributed by atoms with Gasteiger partial charge in [0.05, 0.1) is 19.2 Å². The van der Waals surface area contributed by atoms with Gasteiger partial charge in [-0.2, -0.15) is 0 Å². The molecule has 2 heterocycles. The average Bonchev–Trinajstić information content (AvgIpc) is 2.41. The molecule has 1 aliphatic rings. The Hall–Kier alpha value is -1.13. The number of pyridine rings is 1. The molecule has 1 aromatic rings. The van der Waals surface area contributed by atoms with E-state index in [-0.39, 0.29) is 12.0 Å². The van der Waals surface area contributed by atoms with Crippen molar-refractivity contribution in [3.05, 3.63) is 29.0 Å². The van der Waals surface area contributed by atoms with Crippen molar-refractivity contribution in [1.29, 1.82) is 0 Å². The fraction of sp³-hybridized carbons (Fsp3) is 0.571. The molecule has 104 valence electrons. The molecule has 19 heavy (non-hydrogen) atoms. The van der Waals surface area contributed by atoms with E-state index in [1.54, 1.807) is 6.07 Å². The number of methoxy groups -OCH3 is 1. The molecule has 0 amide bonds. The molecule has 0 radical (unpaired) electrons. The lowest BCUT2D eigenvalue weighted by molar-refractivity contribution is -0.142. The standard InChI is InChI=1S/C14H19ClN2O2/c1-19-14(18)9-12-6-2-3-8-17(12)10-11-5-4-7-13(15)16-11/h4-5,7,12H,2-3,6,8-10H2,1H3. The van der Waals surface area contributed by atoms with Crippen LogP contribution in [-0.4, -0.2) is 35.5 Å². The minimum absolute atomic E-state index is 0.143. The SMILES string of the molecule is COC(=O)CC1CCCCN1Cc1cccc(Cl)n1. The molecule has 1 saturated heterocycles. The molecule has 1 atom stereocenters. The van der Waals surface area contributed by atoms with Crippen LogP contribution in [0.4, 0.5) is 0 Å². The molecule has 0 aromatic carbocycles. The van der Waals surface area contributed by atoms with Crippen molar-refractivity contribution < 1.29 is 9.53 Å². The van der Waals surface area contributed by atoms with E-state index in [1.807, 2.05) is 12.1 Å². The van der Waals surface area contributed by atoms with Gasteiger partial charge in [-0.15, -0.1) is 0 Å². The van der Waals surface area contributed by atoms with E-state index in [0.29, 0.717) is 11.6 Å². The number of esters is 1. The first kappa shape index (κ1) is 14.3. The van der Waals surface area contributed by atoms with E-state index in [4.69, 9.17) is 16.3 Å². The number of likely N-dealkylation sites (tertiary alicyclic amines) is 1. The number of hydrogen-bond donors (Lipinski definition) is 0. The number of aromatic nitrogens is 1. The summed E-state index contributed by atoms with van der Waals surface area (Å²) in [7, 11) is 1.44. The predicted octanol–water partition coefficient (Wildman–Crippen LogP) is 2.65. The molecular formula is C14H19ClN2O2. The third-order valence-electron chi connectivity index (χ3n) is 3.52. The normalized spacial score (nSPS) is 20.2. The van der Waals surface area contributed by atoms with Gasteiger partial charge in [0.25, 0.3) is 0 Å². The zero-order chi connectivity index (χ0) is 13.7. The van der Waals surface area contributed by atoms with E-state index in [0.717, 1.165) is 31.6 Å². The number of carbonyl (C=O) groups excluding carboxylic acids is 1. The molecule has 0 aliphatic carbocycles. The number of piperidine rings is 1. The van der Waals surface area contributed by atoms with Crippen LogP contribution in [0.5, 0.6) is 0 Å². The number of nitrogens with zero attached hydrogens (tertiary/aromatic N) is 2. The Kier molecular flexibility index (Phi) is 5.16. The minimum Gasteiger partial charge on any atom is -0.469 e. The molecule has 1 aromatic heterocycles. The monoisotopic (exact) mass is 282 g/mol. The number of rotatable bonds is 4. The Morgan fingerprint density at radius 1 is 1.53 bits per heavy atom. The molecule has 0 bridgehead atoms. The maximum atomic E-state index is 11.4. The van der Waals surface area contributed by atoms with Crippen LogP contribution in [-0.2, 0) is 16.1 Å². The first-order valence-electron chi connectivity index (χ1n) is 6.61. The average molecular weight is 283 g/mol. The van der Waals surface area contributed by atoms with Crippen LogP contribution in [0, 0.1) is 0 Å². The van der Waals surface area contributed by atoms with Crippen molar-refractivity contribution in [3.8, 4) is 0 Å². The van der Waals surface area contributed by atoms with E-state index in [1.165, 1.54) is 13.5 Å². The van der Waals surface area contributed by atoms with Gasteiger partial charge in [-0.25, -0.2) is 4.98 Å². The zero-order valence-corrected chi connectivity index (χ0v) is 11.9. The first-order valence-corrected chi connectivity index (χ1v) is 6.99. The van der Waals surface area contributed by atoms with Crippen LogP contribution in [0.1, 0.15) is 31.4 Å². The number of halogens is 1. The second-order valence-corrected chi connectivity index (χ2v) is 5.24. The van der Waals surface area contributed by atoms with Gasteiger partial charge in [-0.1, -0.05) is 24.1 Å². The van der Waals surface area contributed by atoms with Gasteiger partial charge >= 0.3 is 5.97 Å². The lowest BCUT2D eigenvalue weighted by Crippen LogP contribution is -2.40. The van der Waals surface area contributed by atoms with Crippen molar-refractivity contribution in [3.63, 3.8) is 0 Å².